The zero-order valence-corrected chi connectivity index (χ0v) is 25.0. The number of benzene rings is 1. The summed E-state index contributed by atoms with van der Waals surface area (Å²) < 4.78 is 66.8. The van der Waals surface area contributed by atoms with E-state index in [1.807, 2.05) is 0 Å². The van der Waals surface area contributed by atoms with E-state index in [1.165, 1.54) is 31.0 Å². The number of hydrogen-bond acceptors (Lipinski definition) is 6. The highest BCUT2D eigenvalue weighted by atomic mass is 35.5. The molecule has 0 spiro atoms. The van der Waals surface area contributed by atoms with Crippen LogP contribution >= 0.6 is 11.6 Å². The van der Waals surface area contributed by atoms with Crippen LogP contribution in [0.3, 0.4) is 0 Å². The van der Waals surface area contributed by atoms with E-state index >= 15 is 0 Å². The van der Waals surface area contributed by atoms with Crippen molar-refractivity contribution in [1.82, 2.24) is 25.8 Å². The van der Waals surface area contributed by atoms with Crippen LogP contribution in [0.4, 0.5) is 22.0 Å². The van der Waals surface area contributed by atoms with Crippen LogP contribution in [0, 0.1) is 5.92 Å². The van der Waals surface area contributed by atoms with Crippen molar-refractivity contribution in [1.29, 1.82) is 0 Å². The summed E-state index contributed by atoms with van der Waals surface area (Å²) in [4.78, 5) is 57.2. The number of hydrogen-bond donors (Lipinski definition) is 4. The first-order valence-electron chi connectivity index (χ1n) is 14.0. The second-order valence-corrected chi connectivity index (χ2v) is 11.3. The Bertz CT molecular complexity index is 1360. The molecule has 0 aliphatic carbocycles. The molecule has 1 aromatic carbocycles. The van der Waals surface area contributed by atoms with Gasteiger partial charge in [-0.3, -0.25) is 24.2 Å². The number of carbonyl (C=O) groups excluding carboxylic acids is 4. The van der Waals surface area contributed by atoms with Crippen LogP contribution in [0.15, 0.2) is 48.7 Å². The molecule has 2 heterocycles. The SMILES string of the molecule is CC(C)[C@H](NC(=O)[C@@H]1CCCN1C(=O)[C@H](Cc1cccc(Cl)c1)NC(=O)c1ccccn1)[C@@H](O)C(F)(F)C(=O)NCC(F)(F)F. The van der Waals surface area contributed by atoms with Crippen molar-refractivity contribution in [3.63, 3.8) is 0 Å². The average molecular weight is 662 g/mol. The third-order valence-electron chi connectivity index (χ3n) is 7.16. The van der Waals surface area contributed by atoms with Crippen LogP contribution < -0.4 is 16.0 Å². The molecule has 16 heteroatoms. The summed E-state index contributed by atoms with van der Waals surface area (Å²) in [6.07, 6.45) is -6.04. The van der Waals surface area contributed by atoms with E-state index in [2.05, 4.69) is 15.6 Å². The van der Waals surface area contributed by atoms with Crippen molar-refractivity contribution in [2.45, 2.75) is 69.4 Å². The molecule has 246 valence electrons. The number of aromatic nitrogens is 1. The summed E-state index contributed by atoms with van der Waals surface area (Å²) in [5, 5.41) is 16.7. The Morgan fingerprint density at radius 2 is 1.78 bits per heavy atom. The van der Waals surface area contributed by atoms with E-state index in [0.717, 1.165) is 5.32 Å². The van der Waals surface area contributed by atoms with Gasteiger partial charge in [0.15, 0.2) is 0 Å². The third kappa shape index (κ3) is 9.57. The normalized spacial score (nSPS) is 17.4. The molecule has 3 rings (SSSR count). The number of alkyl halides is 5. The molecule has 0 unspecified atom stereocenters. The standard InChI is InChI=1S/C29H33ClF5N5O5/c1-16(2)22(23(41)29(34,35)27(45)37-15-28(31,32)33)39-25(43)21-10-6-12-40(21)26(44)20(14-17-7-5-8-18(30)13-17)38-24(42)19-9-3-4-11-36-19/h3-5,7-9,11,13,16,20-23,41H,6,10,12,14-15H2,1-2H3,(H,37,45)(H,38,42)(H,39,43)/t20-,21-,22-,23+/m0/s1. The number of nitrogens with one attached hydrogen (secondary N) is 3. The molecule has 10 nitrogen and oxygen atoms in total. The van der Waals surface area contributed by atoms with E-state index < -0.39 is 72.4 Å². The first kappa shape index (κ1) is 35.6. The molecule has 1 saturated heterocycles. The zero-order valence-electron chi connectivity index (χ0n) is 24.3. The van der Waals surface area contributed by atoms with Crippen LogP contribution in [-0.2, 0) is 20.8 Å². The van der Waals surface area contributed by atoms with Gasteiger partial charge < -0.3 is 26.0 Å². The molecule has 4 N–H and O–H groups in total. The summed E-state index contributed by atoms with van der Waals surface area (Å²) >= 11 is 6.10. The van der Waals surface area contributed by atoms with Crippen molar-refractivity contribution in [2.75, 3.05) is 13.1 Å². The summed E-state index contributed by atoms with van der Waals surface area (Å²) in [6, 6.07) is 7.01. The minimum absolute atomic E-state index is 0.0185. The van der Waals surface area contributed by atoms with Gasteiger partial charge in [-0.1, -0.05) is 43.6 Å². The van der Waals surface area contributed by atoms with Gasteiger partial charge in [-0.15, -0.1) is 0 Å². The number of nitrogens with zero attached hydrogens (tertiary/aromatic N) is 2. The number of rotatable bonds is 12. The van der Waals surface area contributed by atoms with Crippen molar-refractivity contribution >= 4 is 35.2 Å². The fraction of sp³-hybridized carbons (Fsp3) is 0.483. The minimum Gasteiger partial charge on any atom is -0.384 e. The summed E-state index contributed by atoms with van der Waals surface area (Å²) in [5.74, 6) is -10.2. The number of amides is 4. The topological polar surface area (TPSA) is 141 Å². The van der Waals surface area contributed by atoms with E-state index in [1.54, 1.807) is 36.4 Å². The van der Waals surface area contributed by atoms with Gasteiger partial charge in [-0.2, -0.15) is 22.0 Å². The number of likely N-dealkylation sites (tertiary alicyclic amines) is 1. The van der Waals surface area contributed by atoms with Crippen LogP contribution in [-0.4, -0.2) is 88.0 Å². The van der Waals surface area contributed by atoms with Crippen molar-refractivity contribution < 1.29 is 46.2 Å². The molecule has 4 amide bonds. The van der Waals surface area contributed by atoms with Gasteiger partial charge in [-0.05, 0) is 48.6 Å². The largest absolute Gasteiger partial charge is 0.405 e. The first-order chi connectivity index (χ1) is 21.0. The second-order valence-electron chi connectivity index (χ2n) is 10.9. The maximum atomic E-state index is 14.7. The number of aliphatic hydroxyl groups excluding tert-OH is 1. The molecule has 45 heavy (non-hydrogen) atoms. The Morgan fingerprint density at radius 1 is 1.07 bits per heavy atom. The van der Waals surface area contributed by atoms with Gasteiger partial charge in [-0.25, -0.2) is 0 Å². The first-order valence-corrected chi connectivity index (χ1v) is 14.4. The lowest BCUT2D eigenvalue weighted by molar-refractivity contribution is -0.175. The van der Waals surface area contributed by atoms with Gasteiger partial charge in [0.1, 0.15) is 30.4 Å². The maximum absolute atomic E-state index is 14.7. The van der Waals surface area contributed by atoms with Crippen molar-refractivity contribution in [3.05, 3.63) is 64.9 Å². The third-order valence-corrected chi connectivity index (χ3v) is 7.39. The Labute approximate surface area is 260 Å². The summed E-state index contributed by atoms with van der Waals surface area (Å²) in [7, 11) is 0. The predicted octanol–water partition coefficient (Wildman–Crippen LogP) is 2.88. The molecule has 1 aromatic heterocycles. The molecule has 4 atom stereocenters. The number of carbonyl (C=O) groups is 4. The molecule has 2 aromatic rings. The molecule has 0 radical (unpaired) electrons. The van der Waals surface area contributed by atoms with Crippen molar-refractivity contribution in [3.8, 4) is 0 Å². The number of aliphatic hydroxyl groups is 1. The molecular formula is C29H33ClF5N5O5. The maximum Gasteiger partial charge on any atom is 0.405 e. The van der Waals surface area contributed by atoms with Crippen LogP contribution in [0.5, 0.6) is 0 Å². The lowest BCUT2D eigenvalue weighted by Crippen LogP contribution is -2.62. The smallest absolute Gasteiger partial charge is 0.384 e. The van der Waals surface area contributed by atoms with Crippen LogP contribution in [0.1, 0.15) is 42.7 Å². The monoisotopic (exact) mass is 661 g/mol. The van der Waals surface area contributed by atoms with Gasteiger partial charge in [0, 0.05) is 24.2 Å². The average Bonchev–Trinajstić information content (AvgIpc) is 3.47. The van der Waals surface area contributed by atoms with Gasteiger partial charge in [0.2, 0.25) is 11.8 Å². The lowest BCUT2D eigenvalue weighted by atomic mass is 9.93. The fourth-order valence-electron chi connectivity index (χ4n) is 4.86. The molecular weight excluding hydrogens is 629 g/mol. The van der Waals surface area contributed by atoms with Gasteiger partial charge in [0.05, 0.1) is 6.04 Å². The zero-order chi connectivity index (χ0) is 33.5. The highest BCUT2D eigenvalue weighted by Crippen LogP contribution is 2.27. The Hall–Kier alpha value is -3.85. The van der Waals surface area contributed by atoms with Gasteiger partial charge >= 0.3 is 12.1 Å². The molecule has 1 fully saturated rings. The predicted molar refractivity (Wildman–Crippen MR) is 152 cm³/mol. The van der Waals surface area contributed by atoms with E-state index in [0.29, 0.717) is 17.0 Å². The van der Waals surface area contributed by atoms with Crippen LogP contribution in [0.25, 0.3) is 0 Å². The van der Waals surface area contributed by atoms with Gasteiger partial charge in [0.25, 0.3) is 11.8 Å². The molecule has 1 aliphatic heterocycles. The fourth-order valence-corrected chi connectivity index (χ4v) is 5.07. The Balaban J connectivity index is 1.80. The van der Waals surface area contributed by atoms with E-state index in [9.17, 15) is 46.2 Å². The molecule has 0 bridgehead atoms. The highest BCUT2D eigenvalue weighted by molar-refractivity contribution is 6.30. The van der Waals surface area contributed by atoms with Crippen LogP contribution in [0.2, 0.25) is 5.02 Å². The van der Waals surface area contributed by atoms with Crippen molar-refractivity contribution in [2.24, 2.45) is 5.92 Å². The summed E-state index contributed by atoms with van der Waals surface area (Å²) in [6.45, 7) is 0.736. The lowest BCUT2D eigenvalue weighted by Gasteiger charge is -2.34. The minimum atomic E-state index is -4.97. The Kier molecular flexibility index (Phi) is 11.8. The second kappa shape index (κ2) is 15.0. The number of halogens is 6. The quantitative estimate of drug-likeness (QED) is 0.258. The molecule has 0 saturated carbocycles. The summed E-state index contributed by atoms with van der Waals surface area (Å²) in [5.41, 5.74) is 0.627. The van der Waals surface area contributed by atoms with E-state index in [-0.39, 0.29) is 25.1 Å². The molecule has 1 aliphatic rings. The highest BCUT2D eigenvalue weighted by Gasteiger charge is 2.52. The van der Waals surface area contributed by atoms with E-state index in [4.69, 9.17) is 11.6 Å². The Morgan fingerprint density at radius 3 is 2.38 bits per heavy atom. The number of pyridine rings is 1.